The molecule has 1 aromatic heterocycles. The summed E-state index contributed by atoms with van der Waals surface area (Å²) in [7, 11) is 3.35. The van der Waals surface area contributed by atoms with Crippen LogP contribution in [0.15, 0.2) is 101 Å². The fourth-order valence-electron chi connectivity index (χ4n) is 6.63. The van der Waals surface area contributed by atoms with Gasteiger partial charge in [-0.3, -0.25) is 10.2 Å². The van der Waals surface area contributed by atoms with Gasteiger partial charge in [0.15, 0.2) is 12.3 Å². The summed E-state index contributed by atoms with van der Waals surface area (Å²) in [6.45, 7) is 10.1. The fourth-order valence-corrected chi connectivity index (χ4v) is 6.63. The van der Waals surface area contributed by atoms with Gasteiger partial charge in [0.25, 0.3) is 5.70 Å². The molecule has 214 valence electrons. The lowest BCUT2D eigenvalue weighted by molar-refractivity contribution is -0.439. The van der Waals surface area contributed by atoms with E-state index in [-0.39, 0.29) is 11.5 Å². The Morgan fingerprint density at radius 3 is 2.39 bits per heavy atom. The van der Waals surface area contributed by atoms with E-state index in [2.05, 4.69) is 68.4 Å². The Morgan fingerprint density at radius 1 is 0.955 bits per heavy atom. The average Bonchev–Trinajstić information content (AvgIpc) is 3.53. The van der Waals surface area contributed by atoms with Crippen LogP contribution < -0.4 is 5.35 Å². The van der Waals surface area contributed by atoms with E-state index < -0.39 is 0 Å². The maximum absolute atomic E-state index is 14.1. The number of nitrogens with one attached hydrogen (secondary N) is 1. The van der Waals surface area contributed by atoms with Crippen molar-refractivity contribution in [3.8, 4) is 0 Å². The fraction of sp³-hybridized carbons (Fsp3) is 0.162. The molecule has 7 rings (SSSR count). The number of allylic oxidation sites excluding steroid dienone is 3. The van der Waals surface area contributed by atoms with E-state index in [1.165, 1.54) is 0 Å². The van der Waals surface area contributed by atoms with Gasteiger partial charge in [0.1, 0.15) is 6.61 Å². The summed E-state index contributed by atoms with van der Waals surface area (Å²) in [5.74, 6) is 2.14. The van der Waals surface area contributed by atoms with Gasteiger partial charge in [-0.15, -0.1) is 0 Å². The Morgan fingerprint density at radius 2 is 1.66 bits per heavy atom. The molecule has 0 saturated heterocycles. The third-order valence-electron chi connectivity index (χ3n) is 8.58. The topological polar surface area (TPSA) is 71.7 Å². The molecule has 1 aliphatic heterocycles. The van der Waals surface area contributed by atoms with Crippen LogP contribution in [0.25, 0.3) is 43.4 Å². The quantitative estimate of drug-likeness (QED) is 0.105. The highest BCUT2D eigenvalue weighted by Crippen LogP contribution is 2.40. The van der Waals surface area contributed by atoms with Gasteiger partial charge in [0.05, 0.1) is 24.1 Å². The molecule has 7 heteroatoms. The molecular formula is C37H29N4O3+. The van der Waals surface area contributed by atoms with Crippen LogP contribution in [0.5, 0.6) is 0 Å². The molecule has 7 nitrogen and oxygen atoms in total. The van der Waals surface area contributed by atoms with Crippen LogP contribution in [0.2, 0.25) is 0 Å². The SMILES string of the molecule is [C-]#[N+]C(=C=N)C1=C(C=c2c3cccc4cccc(c43)n2CCOC)C(=O)C1=CC1=[N+](CCOC)c2cccc3cccc1c23. The predicted molar refractivity (Wildman–Crippen MR) is 174 cm³/mol. The molecule has 0 unspecified atom stereocenters. The van der Waals surface area contributed by atoms with Crippen molar-refractivity contribution in [2.45, 2.75) is 6.54 Å². The Kier molecular flexibility index (Phi) is 6.88. The van der Waals surface area contributed by atoms with Gasteiger partial charge in [-0.2, -0.15) is 4.58 Å². The first-order valence-corrected chi connectivity index (χ1v) is 14.5. The van der Waals surface area contributed by atoms with E-state index in [9.17, 15) is 4.79 Å². The van der Waals surface area contributed by atoms with E-state index in [4.69, 9.17) is 21.5 Å². The van der Waals surface area contributed by atoms with Crippen molar-refractivity contribution in [2.24, 2.45) is 0 Å². The van der Waals surface area contributed by atoms with Crippen LogP contribution in [-0.2, 0) is 20.8 Å². The van der Waals surface area contributed by atoms with Gasteiger partial charge >= 0.3 is 0 Å². The molecule has 1 N–H and O–H groups in total. The second-order valence-corrected chi connectivity index (χ2v) is 10.8. The highest BCUT2D eigenvalue weighted by molar-refractivity contribution is 6.31. The molecule has 0 bridgehead atoms. The number of ether oxygens (including phenoxy) is 2. The van der Waals surface area contributed by atoms with Crippen LogP contribution in [0.3, 0.4) is 0 Å². The zero-order valence-corrected chi connectivity index (χ0v) is 24.5. The number of aromatic nitrogens is 1. The molecule has 4 aromatic carbocycles. The van der Waals surface area contributed by atoms with Crippen molar-refractivity contribution in [1.82, 2.24) is 4.57 Å². The molecule has 0 amide bonds. The van der Waals surface area contributed by atoms with Crippen molar-refractivity contribution < 1.29 is 18.8 Å². The number of Topliss-reactive ketones (excluding diaryl/α,β-unsaturated/α-hetero) is 1. The summed E-state index contributed by atoms with van der Waals surface area (Å²) in [4.78, 5) is 17.7. The summed E-state index contributed by atoms with van der Waals surface area (Å²) in [5.41, 5.74) is 5.27. The van der Waals surface area contributed by atoms with Crippen LogP contribution in [0.4, 0.5) is 5.69 Å². The normalized spacial score (nSPS) is 15.6. The highest BCUT2D eigenvalue weighted by Gasteiger charge is 2.38. The van der Waals surface area contributed by atoms with Gasteiger partial charge < -0.3 is 14.0 Å². The highest BCUT2D eigenvalue weighted by atomic mass is 16.5. The van der Waals surface area contributed by atoms with Crippen molar-refractivity contribution in [2.75, 3.05) is 34.0 Å². The molecule has 5 aromatic rings. The predicted octanol–water partition coefficient (Wildman–Crippen LogP) is 5.74. The molecule has 0 radical (unpaired) electrons. The lowest BCUT2D eigenvalue weighted by Gasteiger charge is -2.23. The zero-order chi connectivity index (χ0) is 30.4. The summed E-state index contributed by atoms with van der Waals surface area (Å²) in [6, 6.07) is 24.7. The van der Waals surface area contributed by atoms with Gasteiger partial charge in [0, 0.05) is 71.3 Å². The van der Waals surface area contributed by atoms with Crippen LogP contribution in [-0.4, -0.2) is 60.5 Å². The van der Waals surface area contributed by atoms with Crippen LogP contribution >= 0.6 is 0 Å². The number of hydrogen-bond acceptors (Lipinski definition) is 4. The minimum atomic E-state index is -0.166. The van der Waals surface area contributed by atoms with Crippen molar-refractivity contribution in [3.05, 3.63) is 124 Å². The first-order chi connectivity index (χ1) is 21.6. The molecular weight excluding hydrogens is 548 g/mol. The average molecular weight is 578 g/mol. The van der Waals surface area contributed by atoms with Gasteiger partial charge in [-0.05, 0) is 34.9 Å². The molecule has 44 heavy (non-hydrogen) atoms. The lowest BCUT2D eigenvalue weighted by atomic mass is 9.78. The van der Waals surface area contributed by atoms with Gasteiger partial charge in [-0.1, -0.05) is 54.6 Å². The second kappa shape index (κ2) is 11.0. The number of hydrogen-bond donors (Lipinski definition) is 1. The van der Waals surface area contributed by atoms with Crippen molar-refractivity contribution in [3.63, 3.8) is 0 Å². The number of rotatable bonds is 9. The molecule has 0 spiro atoms. The molecule has 1 aliphatic carbocycles. The van der Waals surface area contributed by atoms with Crippen molar-refractivity contribution in [1.29, 1.82) is 5.41 Å². The molecule has 2 aliphatic rings. The number of carbonyl (C=O) groups excluding carboxylic acids is 1. The maximum Gasteiger partial charge on any atom is 0.254 e. The molecule has 0 atom stereocenters. The summed E-state index contributed by atoms with van der Waals surface area (Å²) in [5, 5.41) is 14.3. The number of methoxy groups -OCH3 is 2. The van der Waals surface area contributed by atoms with Gasteiger partial charge in [-0.25, -0.2) is 4.85 Å². The van der Waals surface area contributed by atoms with E-state index in [1.54, 1.807) is 14.2 Å². The third-order valence-corrected chi connectivity index (χ3v) is 8.58. The lowest BCUT2D eigenvalue weighted by Crippen LogP contribution is -2.28. The zero-order valence-electron chi connectivity index (χ0n) is 24.5. The summed E-state index contributed by atoms with van der Waals surface area (Å²) < 4.78 is 15.2. The first kappa shape index (κ1) is 27.5. The second-order valence-electron chi connectivity index (χ2n) is 10.8. The van der Waals surface area contributed by atoms with E-state index in [1.807, 2.05) is 36.4 Å². The minimum Gasteiger partial charge on any atom is -0.383 e. The number of ketones is 1. The first-order valence-electron chi connectivity index (χ1n) is 14.5. The van der Waals surface area contributed by atoms with Crippen molar-refractivity contribution >= 4 is 61.6 Å². The molecule has 0 fully saturated rings. The summed E-state index contributed by atoms with van der Waals surface area (Å²) >= 11 is 0. The molecule has 0 saturated carbocycles. The number of nitrogens with zero attached hydrogens (tertiary/aromatic N) is 3. The Balaban J connectivity index is 1.48. The van der Waals surface area contributed by atoms with Crippen LogP contribution in [0, 0.1) is 12.0 Å². The monoisotopic (exact) mass is 577 g/mol. The Bertz CT molecular complexity index is 2280. The maximum atomic E-state index is 14.1. The third kappa shape index (κ3) is 4.09. The number of carbonyl (C=O) groups is 1. The standard InChI is InChI=1S/C37H29N4O3/c1-39-29(22-38)36-27(20-32-25-12-4-8-23-10-6-14-30(34(23)25)40(32)16-18-43-2)37(42)28(36)21-33-26-13-5-9-24-11-7-15-31(35(24)26)41(33)17-19-44-3/h4-15,20-21,38H,16-19H2,2-3H3/q+1. The Labute approximate surface area is 254 Å². The van der Waals surface area contributed by atoms with E-state index >= 15 is 0 Å². The number of benzene rings is 4. The smallest absolute Gasteiger partial charge is 0.254 e. The van der Waals surface area contributed by atoms with Gasteiger partial charge in [0.2, 0.25) is 11.4 Å². The van der Waals surface area contributed by atoms with E-state index in [0.717, 1.165) is 54.8 Å². The minimum absolute atomic E-state index is 0.0117. The van der Waals surface area contributed by atoms with E-state index in [0.29, 0.717) is 43.0 Å². The largest absolute Gasteiger partial charge is 0.383 e. The Hall–Kier alpha value is -5.38. The van der Waals surface area contributed by atoms with Crippen LogP contribution in [0.1, 0.15) is 5.56 Å². The summed E-state index contributed by atoms with van der Waals surface area (Å²) in [6.07, 6.45) is 3.75. The molecule has 2 heterocycles.